The predicted octanol–water partition coefficient (Wildman–Crippen LogP) is 3.89. The molecule has 2 heteroatoms. The summed E-state index contributed by atoms with van der Waals surface area (Å²) in [5.74, 6) is 0. The second-order valence-corrected chi connectivity index (χ2v) is 6.98. The maximum Gasteiger partial charge on any atom is 0.0723 e. The van der Waals surface area contributed by atoms with Crippen LogP contribution in [-0.4, -0.2) is 25.9 Å². The zero-order chi connectivity index (χ0) is 13.2. The highest BCUT2D eigenvalue weighted by molar-refractivity contribution is 4.93. The minimum atomic E-state index is -0.166. The zero-order valence-corrected chi connectivity index (χ0v) is 12.6. The minimum absolute atomic E-state index is 0.101. The van der Waals surface area contributed by atoms with Gasteiger partial charge in [-0.1, -0.05) is 41.5 Å². The Morgan fingerprint density at radius 1 is 0.875 bits per heavy atom. The molecule has 0 saturated heterocycles. The molecule has 0 aliphatic heterocycles. The van der Waals surface area contributed by atoms with E-state index < -0.39 is 0 Å². The minimum Gasteiger partial charge on any atom is -0.381 e. The molecule has 0 N–H and O–H groups in total. The average Bonchev–Trinajstić information content (AvgIpc) is 2.09. The van der Waals surface area contributed by atoms with Crippen molar-refractivity contribution in [2.45, 2.75) is 66.6 Å². The van der Waals surface area contributed by atoms with Crippen molar-refractivity contribution in [1.29, 1.82) is 0 Å². The molecule has 0 rings (SSSR count). The summed E-state index contributed by atoms with van der Waals surface area (Å²) in [6.07, 6.45) is 1.11. The van der Waals surface area contributed by atoms with Crippen LogP contribution in [0.3, 0.4) is 0 Å². The van der Waals surface area contributed by atoms with Gasteiger partial charge in [0.25, 0.3) is 0 Å². The van der Waals surface area contributed by atoms with Crippen molar-refractivity contribution in [1.82, 2.24) is 0 Å². The quantitative estimate of drug-likeness (QED) is 0.729. The van der Waals surface area contributed by atoms with Gasteiger partial charge in [-0.25, -0.2) is 0 Å². The first-order valence-electron chi connectivity index (χ1n) is 6.06. The van der Waals surface area contributed by atoms with Gasteiger partial charge in [0.1, 0.15) is 0 Å². The van der Waals surface area contributed by atoms with E-state index >= 15 is 0 Å². The number of hydrogen-bond donors (Lipinski definition) is 0. The van der Waals surface area contributed by atoms with Gasteiger partial charge in [0.15, 0.2) is 0 Å². The largest absolute Gasteiger partial charge is 0.381 e. The molecule has 0 fully saturated rings. The highest BCUT2D eigenvalue weighted by Crippen LogP contribution is 2.40. The van der Waals surface area contributed by atoms with Gasteiger partial charge in [-0.3, -0.25) is 0 Å². The van der Waals surface area contributed by atoms with E-state index in [0.29, 0.717) is 0 Å². The van der Waals surface area contributed by atoms with Crippen LogP contribution < -0.4 is 0 Å². The van der Waals surface area contributed by atoms with Gasteiger partial charge in [0.05, 0.1) is 11.7 Å². The Balaban J connectivity index is 4.90. The summed E-state index contributed by atoms with van der Waals surface area (Å²) in [6, 6.07) is 0. The van der Waals surface area contributed by atoms with E-state index in [1.165, 1.54) is 0 Å². The van der Waals surface area contributed by atoms with Crippen LogP contribution in [0.2, 0.25) is 0 Å². The molecule has 0 saturated carbocycles. The van der Waals surface area contributed by atoms with E-state index in [2.05, 4.69) is 48.5 Å². The maximum absolute atomic E-state index is 5.75. The van der Waals surface area contributed by atoms with Gasteiger partial charge < -0.3 is 9.47 Å². The molecule has 0 heterocycles. The molecule has 0 amide bonds. The van der Waals surface area contributed by atoms with Crippen LogP contribution >= 0.6 is 0 Å². The Morgan fingerprint density at radius 2 is 1.31 bits per heavy atom. The molecule has 2 atom stereocenters. The molecule has 0 spiro atoms. The summed E-state index contributed by atoms with van der Waals surface area (Å²) >= 11 is 0. The van der Waals surface area contributed by atoms with E-state index in [9.17, 15) is 0 Å². The fourth-order valence-electron chi connectivity index (χ4n) is 1.79. The molecular weight excluding hydrogens is 200 g/mol. The van der Waals surface area contributed by atoms with Crippen molar-refractivity contribution >= 4 is 0 Å². The fraction of sp³-hybridized carbons (Fsp3) is 1.00. The van der Waals surface area contributed by atoms with E-state index in [1.54, 1.807) is 14.2 Å². The summed E-state index contributed by atoms with van der Waals surface area (Å²) in [6.45, 7) is 15.4. The maximum atomic E-state index is 5.75. The molecule has 0 bridgehead atoms. The summed E-state index contributed by atoms with van der Waals surface area (Å²) in [4.78, 5) is 0. The van der Waals surface area contributed by atoms with Gasteiger partial charge in [-0.05, 0) is 17.8 Å². The summed E-state index contributed by atoms with van der Waals surface area (Å²) in [5, 5.41) is 0. The van der Waals surface area contributed by atoms with Crippen molar-refractivity contribution in [3.63, 3.8) is 0 Å². The molecule has 0 aromatic heterocycles. The number of hydrogen-bond acceptors (Lipinski definition) is 2. The standard InChI is InChI=1S/C14H30O2/c1-12(2,3)11(15-8)10-14(7,16-9)13(4,5)6/h11H,10H2,1-9H3. The molecule has 16 heavy (non-hydrogen) atoms. The van der Waals surface area contributed by atoms with Crippen LogP contribution in [0.15, 0.2) is 0 Å². The molecule has 0 aromatic rings. The molecule has 0 aromatic carbocycles. The lowest BCUT2D eigenvalue weighted by molar-refractivity contribution is -0.125. The highest BCUT2D eigenvalue weighted by atomic mass is 16.5. The van der Waals surface area contributed by atoms with Gasteiger partial charge >= 0.3 is 0 Å². The summed E-state index contributed by atoms with van der Waals surface area (Å²) in [7, 11) is 3.58. The van der Waals surface area contributed by atoms with Crippen molar-refractivity contribution in [3.8, 4) is 0 Å². The molecule has 2 nitrogen and oxygen atoms in total. The van der Waals surface area contributed by atoms with Gasteiger partial charge in [-0.15, -0.1) is 0 Å². The van der Waals surface area contributed by atoms with Crippen LogP contribution in [-0.2, 0) is 9.47 Å². The Bertz CT molecular complexity index is 210. The lowest BCUT2D eigenvalue weighted by Gasteiger charge is -2.45. The van der Waals surface area contributed by atoms with Gasteiger partial charge in [0.2, 0.25) is 0 Å². The van der Waals surface area contributed by atoms with Crippen molar-refractivity contribution in [2.75, 3.05) is 14.2 Å². The molecule has 0 aliphatic carbocycles. The fourth-order valence-corrected chi connectivity index (χ4v) is 1.79. The normalized spacial score (nSPS) is 19.3. The molecule has 2 unspecified atom stereocenters. The number of methoxy groups -OCH3 is 2. The Kier molecular flexibility index (Phi) is 5.03. The number of ether oxygens (including phenoxy) is 2. The Hall–Kier alpha value is -0.0800. The number of rotatable bonds is 4. The first-order valence-corrected chi connectivity index (χ1v) is 6.06. The van der Waals surface area contributed by atoms with Crippen LogP contribution in [0.25, 0.3) is 0 Å². The van der Waals surface area contributed by atoms with Crippen molar-refractivity contribution in [3.05, 3.63) is 0 Å². The van der Waals surface area contributed by atoms with Crippen LogP contribution in [0.1, 0.15) is 54.9 Å². The monoisotopic (exact) mass is 230 g/mol. The second kappa shape index (κ2) is 5.05. The second-order valence-electron chi connectivity index (χ2n) is 6.98. The molecule has 0 aliphatic rings. The lowest BCUT2D eigenvalue weighted by atomic mass is 9.71. The third kappa shape index (κ3) is 3.74. The Morgan fingerprint density at radius 3 is 1.50 bits per heavy atom. The smallest absolute Gasteiger partial charge is 0.0723 e. The first kappa shape index (κ1) is 15.9. The summed E-state index contributed by atoms with van der Waals surface area (Å²) < 4.78 is 11.4. The zero-order valence-electron chi connectivity index (χ0n) is 12.6. The highest BCUT2D eigenvalue weighted by Gasteiger charge is 2.42. The van der Waals surface area contributed by atoms with Gasteiger partial charge in [0, 0.05) is 20.6 Å². The van der Waals surface area contributed by atoms with E-state index in [1.807, 2.05) is 0 Å². The van der Waals surface area contributed by atoms with Crippen molar-refractivity contribution in [2.24, 2.45) is 10.8 Å². The average molecular weight is 230 g/mol. The lowest BCUT2D eigenvalue weighted by Crippen LogP contribution is -2.47. The van der Waals surface area contributed by atoms with E-state index in [0.717, 1.165) is 6.42 Å². The summed E-state index contributed by atoms with van der Waals surface area (Å²) in [5.41, 5.74) is 0.0739. The van der Waals surface area contributed by atoms with Crippen LogP contribution in [0.5, 0.6) is 0 Å². The van der Waals surface area contributed by atoms with Crippen LogP contribution in [0, 0.1) is 10.8 Å². The first-order chi connectivity index (χ1) is 6.98. The molecule has 98 valence electrons. The van der Waals surface area contributed by atoms with Gasteiger partial charge in [-0.2, -0.15) is 0 Å². The molecule has 0 radical (unpaired) electrons. The van der Waals surface area contributed by atoms with E-state index in [-0.39, 0.29) is 22.5 Å². The van der Waals surface area contributed by atoms with E-state index in [4.69, 9.17) is 9.47 Å². The molecular formula is C14H30O2. The third-order valence-corrected chi connectivity index (χ3v) is 3.86. The predicted molar refractivity (Wildman–Crippen MR) is 69.7 cm³/mol. The third-order valence-electron chi connectivity index (χ3n) is 3.86. The van der Waals surface area contributed by atoms with Crippen LogP contribution in [0.4, 0.5) is 0 Å². The van der Waals surface area contributed by atoms with Crippen molar-refractivity contribution < 1.29 is 9.47 Å². The SMILES string of the molecule is COC(CC(C)(OC)C(C)(C)C)C(C)(C)C. The Labute approximate surface area is 102 Å². The topological polar surface area (TPSA) is 18.5 Å².